The molecular weight excluding hydrogens is 390 g/mol. The van der Waals surface area contributed by atoms with Gasteiger partial charge in [-0.3, -0.25) is 19.5 Å². The molecule has 0 radical (unpaired) electrons. The minimum absolute atomic E-state index is 0.0632. The molecule has 7 heteroatoms. The van der Waals surface area contributed by atoms with E-state index in [2.05, 4.69) is 4.98 Å². The van der Waals surface area contributed by atoms with Gasteiger partial charge in [0.15, 0.2) is 5.82 Å². The van der Waals surface area contributed by atoms with Crippen molar-refractivity contribution in [2.24, 2.45) is 5.92 Å². The number of aromatic nitrogens is 3. The Hall–Kier alpha value is -2.83. The summed E-state index contributed by atoms with van der Waals surface area (Å²) in [5.74, 6) is 1.88. The van der Waals surface area contributed by atoms with Gasteiger partial charge in [0.1, 0.15) is 5.82 Å². The summed E-state index contributed by atoms with van der Waals surface area (Å²) in [4.78, 5) is 43.9. The van der Waals surface area contributed by atoms with Crippen LogP contribution in [0.15, 0.2) is 24.4 Å². The van der Waals surface area contributed by atoms with E-state index in [4.69, 9.17) is 9.97 Å². The van der Waals surface area contributed by atoms with E-state index in [0.717, 1.165) is 62.0 Å². The van der Waals surface area contributed by atoms with Gasteiger partial charge in [-0.25, -0.2) is 9.97 Å². The van der Waals surface area contributed by atoms with Gasteiger partial charge < -0.3 is 4.90 Å². The van der Waals surface area contributed by atoms with Crippen LogP contribution in [0, 0.1) is 12.8 Å². The first-order chi connectivity index (χ1) is 15.1. The Balaban J connectivity index is 1.50. The fourth-order valence-electron chi connectivity index (χ4n) is 4.92. The molecule has 2 aliphatic heterocycles. The number of aryl methyl sites for hydroxylation is 1. The van der Waals surface area contributed by atoms with E-state index in [1.165, 1.54) is 0 Å². The summed E-state index contributed by atoms with van der Waals surface area (Å²) in [5, 5.41) is 0. The minimum Gasteiger partial charge on any atom is -0.332 e. The van der Waals surface area contributed by atoms with Crippen LogP contribution in [0.3, 0.4) is 0 Å². The number of carbonyl (C=O) groups excluding carboxylic acids is 2. The fraction of sp³-hybridized carbons (Fsp3) is 0.542. The third kappa shape index (κ3) is 3.82. The van der Waals surface area contributed by atoms with Gasteiger partial charge in [0.05, 0.1) is 18.3 Å². The van der Waals surface area contributed by atoms with Crippen LogP contribution in [-0.4, -0.2) is 38.2 Å². The summed E-state index contributed by atoms with van der Waals surface area (Å²) in [5.41, 5.74) is 2.79. The average molecular weight is 420 g/mol. The van der Waals surface area contributed by atoms with E-state index in [0.29, 0.717) is 31.0 Å². The number of anilines is 1. The zero-order chi connectivity index (χ0) is 21.4. The number of carbonyl (C=O) groups is 2. The van der Waals surface area contributed by atoms with E-state index < -0.39 is 0 Å². The summed E-state index contributed by atoms with van der Waals surface area (Å²) < 4.78 is 0. The van der Waals surface area contributed by atoms with Crippen molar-refractivity contribution in [2.75, 3.05) is 11.4 Å². The van der Waals surface area contributed by atoms with E-state index in [9.17, 15) is 9.59 Å². The molecule has 7 nitrogen and oxygen atoms in total. The van der Waals surface area contributed by atoms with Crippen LogP contribution in [0.1, 0.15) is 73.8 Å². The van der Waals surface area contributed by atoms with Crippen LogP contribution >= 0.6 is 0 Å². The molecule has 1 atom stereocenters. The Morgan fingerprint density at radius 2 is 1.97 bits per heavy atom. The van der Waals surface area contributed by atoms with Gasteiger partial charge in [-0.1, -0.05) is 12.5 Å². The number of piperidine rings is 1. The maximum atomic E-state index is 13.1. The molecule has 2 fully saturated rings. The summed E-state index contributed by atoms with van der Waals surface area (Å²) in [6, 6.07) is 5.63. The Labute approximate surface area is 182 Å². The Bertz CT molecular complexity index is 989. The predicted molar refractivity (Wildman–Crippen MR) is 116 cm³/mol. The third-order valence-electron chi connectivity index (χ3n) is 6.94. The van der Waals surface area contributed by atoms with Gasteiger partial charge in [0.25, 0.3) is 0 Å². The van der Waals surface area contributed by atoms with Crippen LogP contribution in [0.2, 0.25) is 0 Å². The third-order valence-corrected chi connectivity index (χ3v) is 6.94. The topological polar surface area (TPSA) is 79.3 Å². The van der Waals surface area contributed by atoms with Gasteiger partial charge in [-0.2, -0.15) is 0 Å². The zero-order valence-electron chi connectivity index (χ0n) is 18.1. The van der Waals surface area contributed by atoms with Gasteiger partial charge >= 0.3 is 0 Å². The van der Waals surface area contributed by atoms with Gasteiger partial charge in [0, 0.05) is 36.3 Å². The molecule has 0 unspecified atom stereocenters. The Morgan fingerprint density at radius 3 is 2.71 bits per heavy atom. The number of likely N-dealkylation sites (tertiary alicyclic amines) is 1. The lowest BCUT2D eigenvalue weighted by Crippen LogP contribution is -2.44. The van der Waals surface area contributed by atoms with Crippen LogP contribution in [0.25, 0.3) is 0 Å². The van der Waals surface area contributed by atoms with Crippen LogP contribution in [0.5, 0.6) is 0 Å². The fourth-order valence-corrected chi connectivity index (χ4v) is 4.92. The first-order valence-electron chi connectivity index (χ1n) is 11.5. The van der Waals surface area contributed by atoms with Crippen molar-refractivity contribution in [1.82, 2.24) is 19.9 Å². The molecule has 2 aromatic heterocycles. The zero-order valence-corrected chi connectivity index (χ0v) is 18.1. The second kappa shape index (κ2) is 8.36. The van der Waals surface area contributed by atoms with Crippen molar-refractivity contribution in [3.05, 3.63) is 47.2 Å². The number of rotatable bonds is 4. The first-order valence-corrected chi connectivity index (χ1v) is 11.5. The highest BCUT2D eigenvalue weighted by Crippen LogP contribution is 2.37. The lowest BCUT2D eigenvalue weighted by molar-refractivity contribution is -0.142. The lowest BCUT2D eigenvalue weighted by atomic mass is 9.83. The van der Waals surface area contributed by atoms with E-state index in [1.54, 1.807) is 11.1 Å². The van der Waals surface area contributed by atoms with Crippen LogP contribution < -0.4 is 4.90 Å². The average Bonchev–Trinajstić information content (AvgIpc) is 2.75. The molecule has 1 aliphatic carbocycles. The summed E-state index contributed by atoms with van der Waals surface area (Å²) >= 11 is 0. The highest BCUT2D eigenvalue weighted by atomic mass is 16.2. The number of pyridine rings is 1. The number of amides is 2. The quantitative estimate of drug-likeness (QED) is 0.758. The van der Waals surface area contributed by atoms with Gasteiger partial charge in [0.2, 0.25) is 11.8 Å². The van der Waals surface area contributed by atoms with E-state index in [1.807, 2.05) is 30.0 Å². The van der Waals surface area contributed by atoms with E-state index >= 15 is 0 Å². The van der Waals surface area contributed by atoms with E-state index in [-0.39, 0.29) is 23.8 Å². The Kier molecular flexibility index (Phi) is 5.42. The number of hydrogen-bond donors (Lipinski definition) is 0. The molecule has 1 saturated carbocycles. The molecule has 0 aromatic carbocycles. The standard InChI is InChI=1S/C24H29N5O2/c1-16-19-11-12-21(30)29(15-18-9-2-4-13-25-18)23(19)27-22(26-16)20-10-3-5-14-28(20)24(31)17-7-6-8-17/h2,4,9,13,17,20H,3,5-8,10-12,14-15H2,1H3/t20-/m1/s1. The molecule has 0 N–H and O–H groups in total. The van der Waals surface area contributed by atoms with Crippen molar-refractivity contribution in [2.45, 2.75) is 70.9 Å². The van der Waals surface area contributed by atoms with Crippen molar-refractivity contribution >= 4 is 17.6 Å². The number of hydrogen-bond acceptors (Lipinski definition) is 5. The monoisotopic (exact) mass is 419 g/mol. The molecule has 0 bridgehead atoms. The molecule has 1 saturated heterocycles. The normalized spacial score (nSPS) is 21.6. The van der Waals surface area contributed by atoms with Crippen molar-refractivity contribution < 1.29 is 9.59 Å². The molecule has 31 heavy (non-hydrogen) atoms. The molecule has 162 valence electrons. The molecule has 4 heterocycles. The molecule has 5 rings (SSSR count). The summed E-state index contributed by atoms with van der Waals surface area (Å²) in [7, 11) is 0. The SMILES string of the molecule is Cc1nc([C@H]2CCCCN2C(=O)C2CCC2)nc2c1CCC(=O)N2Cc1ccccn1. The largest absolute Gasteiger partial charge is 0.332 e. The summed E-state index contributed by atoms with van der Waals surface area (Å²) in [6.07, 6.45) is 8.98. The number of nitrogens with zero attached hydrogens (tertiary/aromatic N) is 5. The molecular formula is C24H29N5O2. The van der Waals surface area contributed by atoms with Crippen molar-refractivity contribution in [1.29, 1.82) is 0 Å². The molecule has 2 aromatic rings. The highest BCUT2D eigenvalue weighted by Gasteiger charge is 2.37. The maximum absolute atomic E-state index is 13.1. The molecule has 0 spiro atoms. The maximum Gasteiger partial charge on any atom is 0.228 e. The highest BCUT2D eigenvalue weighted by molar-refractivity contribution is 5.95. The minimum atomic E-state index is -0.0976. The summed E-state index contributed by atoms with van der Waals surface area (Å²) in [6.45, 7) is 3.17. The predicted octanol–water partition coefficient (Wildman–Crippen LogP) is 3.51. The first kappa shape index (κ1) is 20.1. The lowest BCUT2D eigenvalue weighted by Gasteiger charge is -2.39. The van der Waals surface area contributed by atoms with Gasteiger partial charge in [-0.05, 0) is 57.6 Å². The molecule has 2 amide bonds. The molecule has 3 aliphatic rings. The second-order valence-electron chi connectivity index (χ2n) is 8.94. The van der Waals surface area contributed by atoms with Crippen molar-refractivity contribution in [3.63, 3.8) is 0 Å². The van der Waals surface area contributed by atoms with Gasteiger partial charge in [-0.15, -0.1) is 0 Å². The number of fused-ring (bicyclic) bond motifs is 1. The van der Waals surface area contributed by atoms with Crippen molar-refractivity contribution in [3.8, 4) is 0 Å². The Morgan fingerprint density at radius 1 is 1.10 bits per heavy atom. The van der Waals surface area contributed by atoms with Crippen LogP contribution in [0.4, 0.5) is 5.82 Å². The second-order valence-corrected chi connectivity index (χ2v) is 8.94. The smallest absolute Gasteiger partial charge is 0.228 e. The van der Waals surface area contributed by atoms with Crippen LogP contribution in [-0.2, 0) is 22.6 Å².